The Labute approximate surface area is 72.2 Å². The van der Waals surface area contributed by atoms with E-state index in [-0.39, 0.29) is 5.75 Å². The van der Waals surface area contributed by atoms with Crippen molar-refractivity contribution >= 4 is 0 Å². The Kier molecular flexibility index (Phi) is 2.77. The molecule has 1 aromatic rings. The number of hydrogen-bond donors (Lipinski definition) is 2. The number of aliphatic hydroxyl groups is 1. The highest BCUT2D eigenvalue weighted by molar-refractivity contribution is 5.29. The van der Waals surface area contributed by atoms with Gasteiger partial charge >= 0.3 is 0 Å². The van der Waals surface area contributed by atoms with Crippen LogP contribution in [-0.2, 0) is 0 Å². The lowest BCUT2D eigenvalue weighted by Crippen LogP contribution is -2.09. The average molecular weight is 192 g/mol. The van der Waals surface area contributed by atoms with Crippen LogP contribution in [0.1, 0.15) is 11.7 Å². The summed E-state index contributed by atoms with van der Waals surface area (Å²) < 4.78 is 36.6. The Hall–Kier alpha value is -1.23. The molecular formula is C8H7F3O2. The van der Waals surface area contributed by atoms with Crippen LogP contribution in [0.25, 0.3) is 0 Å². The monoisotopic (exact) mass is 192 g/mol. The van der Waals surface area contributed by atoms with Gasteiger partial charge in [0.05, 0.1) is 0 Å². The number of aliphatic hydroxyl groups excluding tert-OH is 1. The highest BCUT2D eigenvalue weighted by atomic mass is 19.3. The van der Waals surface area contributed by atoms with Gasteiger partial charge in [0.2, 0.25) is 0 Å². The van der Waals surface area contributed by atoms with Crippen LogP contribution in [0.5, 0.6) is 5.75 Å². The smallest absolute Gasteiger partial charge is 0.268 e. The van der Waals surface area contributed by atoms with Crippen molar-refractivity contribution < 1.29 is 23.4 Å². The first-order chi connectivity index (χ1) is 6.02. The SMILES string of the molecule is Oc1ccc(C(O)C(F)F)c(F)c1. The summed E-state index contributed by atoms with van der Waals surface area (Å²) in [5.41, 5.74) is -0.521. The normalized spacial score (nSPS) is 13.3. The predicted molar refractivity (Wildman–Crippen MR) is 39.0 cm³/mol. The molecule has 0 saturated heterocycles. The van der Waals surface area contributed by atoms with Crippen molar-refractivity contribution in [2.24, 2.45) is 0 Å². The van der Waals surface area contributed by atoms with Crippen molar-refractivity contribution in [3.05, 3.63) is 29.6 Å². The van der Waals surface area contributed by atoms with E-state index in [2.05, 4.69) is 0 Å². The van der Waals surface area contributed by atoms with E-state index in [1.165, 1.54) is 0 Å². The van der Waals surface area contributed by atoms with Crippen molar-refractivity contribution in [3.63, 3.8) is 0 Å². The van der Waals surface area contributed by atoms with Crippen LogP contribution in [0.3, 0.4) is 0 Å². The van der Waals surface area contributed by atoms with Gasteiger partial charge in [-0.1, -0.05) is 0 Å². The second-order valence-electron chi connectivity index (χ2n) is 2.49. The van der Waals surface area contributed by atoms with Crippen molar-refractivity contribution in [1.29, 1.82) is 0 Å². The molecule has 0 amide bonds. The molecule has 0 radical (unpaired) electrons. The van der Waals surface area contributed by atoms with Gasteiger partial charge in [-0.2, -0.15) is 0 Å². The van der Waals surface area contributed by atoms with Gasteiger partial charge in [0.15, 0.2) is 0 Å². The molecule has 5 heteroatoms. The van der Waals surface area contributed by atoms with Crippen LogP contribution in [0.4, 0.5) is 13.2 Å². The van der Waals surface area contributed by atoms with Crippen LogP contribution >= 0.6 is 0 Å². The summed E-state index contributed by atoms with van der Waals surface area (Å²) in [6.07, 6.45) is -5.19. The van der Waals surface area contributed by atoms with E-state index in [1.54, 1.807) is 0 Å². The summed E-state index contributed by atoms with van der Waals surface area (Å²) in [4.78, 5) is 0. The first-order valence-corrected chi connectivity index (χ1v) is 3.47. The van der Waals surface area contributed by atoms with Crippen molar-refractivity contribution in [2.45, 2.75) is 12.5 Å². The van der Waals surface area contributed by atoms with E-state index in [9.17, 15) is 13.2 Å². The van der Waals surface area contributed by atoms with Crippen LogP contribution in [0, 0.1) is 5.82 Å². The van der Waals surface area contributed by atoms with E-state index < -0.39 is 23.9 Å². The lowest BCUT2D eigenvalue weighted by atomic mass is 10.1. The molecule has 0 bridgehead atoms. The number of benzene rings is 1. The molecule has 0 spiro atoms. The van der Waals surface area contributed by atoms with E-state index in [0.717, 1.165) is 12.1 Å². The third-order valence-electron chi connectivity index (χ3n) is 1.54. The molecule has 1 aromatic carbocycles. The zero-order valence-electron chi connectivity index (χ0n) is 6.42. The highest BCUT2D eigenvalue weighted by Crippen LogP contribution is 2.25. The van der Waals surface area contributed by atoms with Crippen molar-refractivity contribution in [3.8, 4) is 5.75 Å². The minimum Gasteiger partial charge on any atom is -0.508 e. The average Bonchev–Trinajstić information content (AvgIpc) is 2.03. The third-order valence-corrected chi connectivity index (χ3v) is 1.54. The predicted octanol–water partition coefficient (Wildman–Crippen LogP) is 1.83. The van der Waals surface area contributed by atoms with Gasteiger partial charge in [-0.05, 0) is 12.1 Å². The number of hydrogen-bond acceptors (Lipinski definition) is 2. The van der Waals surface area contributed by atoms with Crippen molar-refractivity contribution in [2.75, 3.05) is 0 Å². The van der Waals surface area contributed by atoms with E-state index in [1.807, 2.05) is 0 Å². The molecule has 0 aliphatic heterocycles. The van der Waals surface area contributed by atoms with Crippen LogP contribution in [0.15, 0.2) is 18.2 Å². The van der Waals surface area contributed by atoms with Gasteiger partial charge in [0.1, 0.15) is 17.7 Å². The maximum atomic E-state index is 12.8. The van der Waals surface area contributed by atoms with Gasteiger partial charge in [0.25, 0.3) is 6.43 Å². The zero-order valence-corrected chi connectivity index (χ0v) is 6.42. The van der Waals surface area contributed by atoms with E-state index in [4.69, 9.17) is 10.2 Å². The highest BCUT2D eigenvalue weighted by Gasteiger charge is 2.22. The Bertz CT molecular complexity index is 301. The number of aromatic hydroxyl groups is 1. The molecule has 0 aliphatic rings. The summed E-state index contributed by atoms with van der Waals surface area (Å²) in [6.45, 7) is 0. The molecule has 0 heterocycles. The van der Waals surface area contributed by atoms with Gasteiger partial charge in [0, 0.05) is 11.6 Å². The number of halogens is 3. The molecule has 0 aromatic heterocycles. The van der Waals surface area contributed by atoms with Gasteiger partial charge < -0.3 is 10.2 Å². The molecule has 1 unspecified atom stereocenters. The van der Waals surface area contributed by atoms with Crippen LogP contribution in [-0.4, -0.2) is 16.6 Å². The van der Waals surface area contributed by atoms with Crippen LogP contribution in [0.2, 0.25) is 0 Å². The third kappa shape index (κ3) is 2.12. The first kappa shape index (κ1) is 9.85. The Balaban J connectivity index is 3.01. The molecule has 72 valence electrons. The minimum absolute atomic E-state index is 0.372. The standard InChI is InChI=1S/C8H7F3O2/c9-6-3-4(12)1-2-5(6)7(13)8(10)11/h1-3,7-8,12-13H. The quantitative estimate of drug-likeness (QED) is 0.750. The largest absolute Gasteiger partial charge is 0.508 e. The van der Waals surface area contributed by atoms with Gasteiger partial charge in [-0.15, -0.1) is 0 Å². The fraction of sp³-hybridized carbons (Fsp3) is 0.250. The van der Waals surface area contributed by atoms with Gasteiger partial charge in [-0.3, -0.25) is 0 Å². The van der Waals surface area contributed by atoms with E-state index in [0.29, 0.717) is 6.07 Å². The molecule has 2 nitrogen and oxygen atoms in total. The van der Waals surface area contributed by atoms with Crippen LogP contribution < -0.4 is 0 Å². The molecule has 1 atom stereocenters. The lowest BCUT2D eigenvalue weighted by Gasteiger charge is -2.10. The van der Waals surface area contributed by atoms with E-state index >= 15 is 0 Å². The second kappa shape index (κ2) is 3.66. The topological polar surface area (TPSA) is 40.5 Å². The number of phenols is 1. The Morgan fingerprint density at radius 2 is 1.85 bits per heavy atom. The summed E-state index contributed by atoms with van der Waals surface area (Å²) >= 11 is 0. The maximum Gasteiger partial charge on any atom is 0.268 e. The zero-order chi connectivity index (χ0) is 10.0. The Morgan fingerprint density at radius 3 is 2.31 bits per heavy atom. The molecule has 0 saturated carbocycles. The summed E-state index contributed by atoms with van der Waals surface area (Å²) in [6, 6.07) is 2.62. The second-order valence-corrected chi connectivity index (χ2v) is 2.49. The summed E-state index contributed by atoms with van der Waals surface area (Å²) in [7, 11) is 0. The first-order valence-electron chi connectivity index (χ1n) is 3.47. The fourth-order valence-corrected chi connectivity index (χ4v) is 0.892. The molecular weight excluding hydrogens is 185 g/mol. The molecule has 2 N–H and O–H groups in total. The fourth-order valence-electron chi connectivity index (χ4n) is 0.892. The number of alkyl halides is 2. The summed E-state index contributed by atoms with van der Waals surface area (Å²) in [5, 5.41) is 17.5. The lowest BCUT2D eigenvalue weighted by molar-refractivity contribution is -0.00774. The maximum absolute atomic E-state index is 12.8. The molecule has 13 heavy (non-hydrogen) atoms. The molecule has 0 fully saturated rings. The number of rotatable bonds is 2. The molecule has 0 aliphatic carbocycles. The van der Waals surface area contributed by atoms with Crippen molar-refractivity contribution in [1.82, 2.24) is 0 Å². The Morgan fingerprint density at radius 1 is 1.23 bits per heavy atom. The van der Waals surface area contributed by atoms with Gasteiger partial charge in [-0.25, -0.2) is 13.2 Å². The number of phenolic OH excluding ortho intramolecular Hbond substituents is 1. The minimum atomic E-state index is -3.04. The molecule has 1 rings (SSSR count). The summed E-state index contributed by atoms with van der Waals surface area (Å²) in [5.74, 6) is -1.42.